The van der Waals surface area contributed by atoms with Crippen molar-refractivity contribution in [2.75, 3.05) is 0 Å². The molecule has 2 N–H and O–H groups in total. The van der Waals surface area contributed by atoms with Gasteiger partial charge in [-0.1, -0.05) is 41.9 Å². The SMILES string of the molecule is O=C(NC1(c2ccccc2)CCC1)c1cc2cc(Cl)ccc2[nH]1. The minimum absolute atomic E-state index is 0.0686. The van der Waals surface area contributed by atoms with Gasteiger partial charge in [-0.15, -0.1) is 0 Å². The Morgan fingerprint density at radius 2 is 1.87 bits per heavy atom. The molecule has 1 aliphatic rings. The number of aromatic nitrogens is 1. The fourth-order valence-corrected chi connectivity index (χ4v) is 3.46. The molecule has 0 spiro atoms. The van der Waals surface area contributed by atoms with E-state index in [-0.39, 0.29) is 11.4 Å². The lowest BCUT2D eigenvalue weighted by atomic mass is 9.71. The van der Waals surface area contributed by atoms with Crippen LogP contribution in [0.5, 0.6) is 0 Å². The molecule has 0 saturated heterocycles. The summed E-state index contributed by atoms with van der Waals surface area (Å²) in [5.41, 5.74) is 2.44. The molecule has 1 saturated carbocycles. The number of aromatic amines is 1. The zero-order valence-corrected chi connectivity index (χ0v) is 13.4. The summed E-state index contributed by atoms with van der Waals surface area (Å²) in [4.78, 5) is 15.9. The Morgan fingerprint density at radius 3 is 2.57 bits per heavy atom. The van der Waals surface area contributed by atoms with Crippen LogP contribution in [0, 0.1) is 0 Å². The first-order valence-electron chi connectivity index (χ1n) is 7.83. The van der Waals surface area contributed by atoms with Crippen LogP contribution in [-0.4, -0.2) is 10.9 Å². The molecule has 0 bridgehead atoms. The van der Waals surface area contributed by atoms with Crippen molar-refractivity contribution in [2.24, 2.45) is 0 Å². The van der Waals surface area contributed by atoms with E-state index < -0.39 is 0 Å². The molecule has 0 radical (unpaired) electrons. The average molecular weight is 325 g/mol. The van der Waals surface area contributed by atoms with Crippen molar-refractivity contribution in [2.45, 2.75) is 24.8 Å². The third-order valence-electron chi connectivity index (χ3n) is 4.71. The first-order chi connectivity index (χ1) is 11.2. The van der Waals surface area contributed by atoms with E-state index in [0.29, 0.717) is 10.7 Å². The maximum absolute atomic E-state index is 12.7. The van der Waals surface area contributed by atoms with E-state index in [1.165, 1.54) is 5.56 Å². The molecule has 3 aromatic rings. The normalized spacial score (nSPS) is 16.0. The Morgan fingerprint density at radius 1 is 1.09 bits per heavy atom. The number of amides is 1. The number of fused-ring (bicyclic) bond motifs is 1. The molecule has 116 valence electrons. The van der Waals surface area contributed by atoms with Gasteiger partial charge in [-0.25, -0.2) is 0 Å². The summed E-state index contributed by atoms with van der Waals surface area (Å²) in [5, 5.41) is 4.85. The number of benzene rings is 2. The van der Waals surface area contributed by atoms with Crippen LogP contribution in [-0.2, 0) is 5.54 Å². The summed E-state index contributed by atoms with van der Waals surface area (Å²) in [6.07, 6.45) is 3.10. The third kappa shape index (κ3) is 2.51. The first-order valence-corrected chi connectivity index (χ1v) is 8.20. The van der Waals surface area contributed by atoms with Crippen molar-refractivity contribution in [3.05, 3.63) is 70.9 Å². The van der Waals surface area contributed by atoms with Crippen molar-refractivity contribution in [1.82, 2.24) is 10.3 Å². The molecule has 4 heteroatoms. The topological polar surface area (TPSA) is 44.9 Å². The van der Waals surface area contributed by atoms with E-state index in [2.05, 4.69) is 22.4 Å². The quantitative estimate of drug-likeness (QED) is 0.725. The lowest BCUT2D eigenvalue weighted by Crippen LogP contribution is -2.50. The fourth-order valence-electron chi connectivity index (χ4n) is 3.28. The number of hydrogen-bond acceptors (Lipinski definition) is 1. The standard InChI is InChI=1S/C19H17ClN2O/c20-15-7-8-16-13(11-15)12-17(21-16)18(23)22-19(9-4-10-19)14-5-2-1-3-6-14/h1-3,5-8,11-12,21H,4,9-10H2,(H,22,23). The smallest absolute Gasteiger partial charge is 0.268 e. The lowest BCUT2D eigenvalue weighted by molar-refractivity contribution is 0.0819. The maximum atomic E-state index is 12.7. The van der Waals surface area contributed by atoms with Gasteiger partial charge in [0.05, 0.1) is 5.54 Å². The minimum Gasteiger partial charge on any atom is -0.351 e. The van der Waals surface area contributed by atoms with Crippen LogP contribution in [0.1, 0.15) is 35.3 Å². The van der Waals surface area contributed by atoms with Crippen LogP contribution < -0.4 is 5.32 Å². The largest absolute Gasteiger partial charge is 0.351 e. The average Bonchev–Trinajstić information content (AvgIpc) is 2.94. The zero-order chi connectivity index (χ0) is 15.9. The van der Waals surface area contributed by atoms with Crippen LogP contribution in [0.4, 0.5) is 0 Å². The molecular weight excluding hydrogens is 308 g/mol. The second-order valence-electron chi connectivity index (χ2n) is 6.17. The van der Waals surface area contributed by atoms with E-state index in [9.17, 15) is 4.79 Å². The number of H-pyrrole nitrogens is 1. The van der Waals surface area contributed by atoms with Crippen LogP contribution in [0.2, 0.25) is 5.02 Å². The van der Waals surface area contributed by atoms with E-state index in [4.69, 9.17) is 11.6 Å². The van der Waals surface area contributed by atoms with Gasteiger partial charge < -0.3 is 10.3 Å². The van der Waals surface area contributed by atoms with Gasteiger partial charge in [0.2, 0.25) is 0 Å². The van der Waals surface area contributed by atoms with Crippen molar-refractivity contribution < 1.29 is 4.79 Å². The monoisotopic (exact) mass is 324 g/mol. The second kappa shape index (κ2) is 5.43. The lowest BCUT2D eigenvalue weighted by Gasteiger charge is -2.43. The number of halogens is 1. The molecule has 0 aliphatic heterocycles. The predicted octanol–water partition coefficient (Wildman–Crippen LogP) is 4.63. The Labute approximate surface area is 139 Å². The number of carbonyl (C=O) groups is 1. The number of rotatable bonds is 3. The number of nitrogens with one attached hydrogen (secondary N) is 2. The van der Waals surface area contributed by atoms with Gasteiger partial charge in [0, 0.05) is 15.9 Å². The fraction of sp³-hybridized carbons (Fsp3) is 0.211. The summed E-state index contributed by atoms with van der Waals surface area (Å²) < 4.78 is 0. The van der Waals surface area contributed by atoms with Gasteiger partial charge in [0.25, 0.3) is 5.91 Å². The summed E-state index contributed by atoms with van der Waals surface area (Å²) in [7, 11) is 0. The Bertz CT molecular complexity index is 865. The van der Waals surface area contributed by atoms with Gasteiger partial charge in [0.15, 0.2) is 0 Å². The molecule has 1 aromatic heterocycles. The van der Waals surface area contributed by atoms with Crippen molar-refractivity contribution in [1.29, 1.82) is 0 Å². The van der Waals surface area contributed by atoms with E-state index >= 15 is 0 Å². The molecule has 1 aliphatic carbocycles. The Kier molecular flexibility index (Phi) is 3.38. The van der Waals surface area contributed by atoms with Crippen molar-refractivity contribution in [3.8, 4) is 0 Å². The highest BCUT2D eigenvalue weighted by atomic mass is 35.5. The second-order valence-corrected chi connectivity index (χ2v) is 6.61. The molecule has 2 aromatic carbocycles. The maximum Gasteiger partial charge on any atom is 0.268 e. The van der Waals surface area contributed by atoms with Crippen molar-refractivity contribution in [3.63, 3.8) is 0 Å². The molecule has 1 heterocycles. The molecule has 1 fully saturated rings. The van der Waals surface area contributed by atoms with Crippen LogP contribution in [0.3, 0.4) is 0 Å². The highest BCUT2D eigenvalue weighted by molar-refractivity contribution is 6.31. The third-order valence-corrected chi connectivity index (χ3v) is 4.95. The van der Waals surface area contributed by atoms with Crippen LogP contribution in [0.25, 0.3) is 10.9 Å². The van der Waals surface area contributed by atoms with Crippen LogP contribution >= 0.6 is 11.6 Å². The summed E-state index contributed by atoms with van der Waals surface area (Å²) in [6, 6.07) is 17.6. The summed E-state index contributed by atoms with van der Waals surface area (Å²) in [5.74, 6) is -0.0686. The van der Waals surface area contributed by atoms with Gasteiger partial charge in [-0.2, -0.15) is 0 Å². The van der Waals surface area contributed by atoms with Gasteiger partial charge in [-0.3, -0.25) is 4.79 Å². The summed E-state index contributed by atoms with van der Waals surface area (Å²) >= 11 is 6.01. The highest BCUT2D eigenvalue weighted by Gasteiger charge is 2.40. The molecule has 23 heavy (non-hydrogen) atoms. The molecule has 4 rings (SSSR count). The Balaban J connectivity index is 1.63. The van der Waals surface area contributed by atoms with Crippen molar-refractivity contribution >= 4 is 28.4 Å². The first kappa shape index (κ1) is 14.3. The molecule has 1 amide bonds. The van der Waals surface area contributed by atoms with E-state index in [1.807, 2.05) is 42.5 Å². The highest BCUT2D eigenvalue weighted by Crippen LogP contribution is 2.41. The van der Waals surface area contributed by atoms with Gasteiger partial charge in [-0.05, 0) is 49.1 Å². The Hall–Kier alpha value is -2.26. The number of carbonyl (C=O) groups excluding carboxylic acids is 1. The molecular formula is C19H17ClN2O. The van der Waals surface area contributed by atoms with E-state index in [0.717, 1.165) is 30.2 Å². The predicted molar refractivity (Wildman–Crippen MR) is 92.7 cm³/mol. The summed E-state index contributed by atoms with van der Waals surface area (Å²) in [6.45, 7) is 0. The number of hydrogen-bond donors (Lipinski definition) is 2. The molecule has 0 unspecified atom stereocenters. The van der Waals surface area contributed by atoms with Crippen LogP contribution in [0.15, 0.2) is 54.6 Å². The molecule has 0 atom stereocenters. The minimum atomic E-state index is -0.229. The molecule has 3 nitrogen and oxygen atoms in total. The zero-order valence-electron chi connectivity index (χ0n) is 12.6. The van der Waals surface area contributed by atoms with E-state index in [1.54, 1.807) is 0 Å². The van der Waals surface area contributed by atoms with Gasteiger partial charge in [0.1, 0.15) is 5.69 Å². The van der Waals surface area contributed by atoms with Gasteiger partial charge >= 0.3 is 0 Å².